The Hall–Kier alpha value is -3.29. The lowest BCUT2D eigenvalue weighted by Crippen LogP contribution is -2.49. The SMILES string of the molecule is O=C(c1ccc(Br)cc1)C1C2C(=O)N(c3ccccc3F)C(=O)C2C2C=Cc3ccc(Cl)cc3N21. The molecule has 4 atom stereocenters. The summed E-state index contributed by atoms with van der Waals surface area (Å²) >= 11 is 9.68. The number of benzene rings is 3. The van der Waals surface area contributed by atoms with Crippen LogP contribution in [-0.2, 0) is 9.59 Å². The summed E-state index contributed by atoms with van der Waals surface area (Å²) in [6, 6.07) is 16.4. The van der Waals surface area contributed by atoms with E-state index >= 15 is 0 Å². The van der Waals surface area contributed by atoms with Crippen LogP contribution in [0.4, 0.5) is 15.8 Å². The Morgan fingerprint density at radius 2 is 1.63 bits per heavy atom. The van der Waals surface area contributed by atoms with Crippen molar-refractivity contribution >= 4 is 62.6 Å². The van der Waals surface area contributed by atoms with Gasteiger partial charge in [0, 0.05) is 20.7 Å². The fourth-order valence-corrected chi connectivity index (χ4v) is 5.92. The van der Waals surface area contributed by atoms with Crippen LogP contribution in [-0.4, -0.2) is 29.7 Å². The third-order valence-electron chi connectivity index (χ3n) is 6.96. The number of para-hydroxylation sites is 1. The minimum atomic E-state index is -0.974. The van der Waals surface area contributed by atoms with E-state index in [9.17, 15) is 18.8 Å². The summed E-state index contributed by atoms with van der Waals surface area (Å²) in [7, 11) is 0. The molecule has 8 heteroatoms. The molecule has 6 rings (SSSR count). The molecule has 3 aromatic rings. The van der Waals surface area contributed by atoms with Gasteiger partial charge in [-0.05, 0) is 42.0 Å². The molecule has 2 fully saturated rings. The molecule has 0 saturated carbocycles. The Bertz CT molecular complexity index is 1440. The highest BCUT2D eigenvalue weighted by molar-refractivity contribution is 9.10. The van der Waals surface area contributed by atoms with Gasteiger partial charge in [0.1, 0.15) is 11.9 Å². The summed E-state index contributed by atoms with van der Waals surface area (Å²) in [6.45, 7) is 0. The van der Waals surface area contributed by atoms with E-state index in [1.54, 1.807) is 42.5 Å². The Morgan fingerprint density at radius 3 is 2.37 bits per heavy atom. The number of hydrogen-bond donors (Lipinski definition) is 0. The van der Waals surface area contributed by atoms with Crippen LogP contribution in [0.3, 0.4) is 0 Å². The number of imide groups is 1. The van der Waals surface area contributed by atoms with Crippen molar-refractivity contribution in [2.75, 3.05) is 9.80 Å². The number of fused-ring (bicyclic) bond motifs is 5. The third-order valence-corrected chi connectivity index (χ3v) is 7.73. The van der Waals surface area contributed by atoms with Crippen LogP contribution in [0.25, 0.3) is 6.08 Å². The minimum absolute atomic E-state index is 0.0958. The predicted molar refractivity (Wildman–Crippen MR) is 135 cm³/mol. The van der Waals surface area contributed by atoms with E-state index < -0.39 is 41.6 Å². The maximum Gasteiger partial charge on any atom is 0.240 e. The zero-order valence-corrected chi connectivity index (χ0v) is 20.4. The molecule has 0 aliphatic carbocycles. The van der Waals surface area contributed by atoms with Crippen molar-refractivity contribution in [3.8, 4) is 0 Å². The van der Waals surface area contributed by atoms with Gasteiger partial charge in [0.15, 0.2) is 5.78 Å². The van der Waals surface area contributed by atoms with Gasteiger partial charge in [0.25, 0.3) is 0 Å². The second-order valence-electron chi connectivity index (χ2n) is 8.79. The first-order chi connectivity index (χ1) is 16.9. The van der Waals surface area contributed by atoms with E-state index in [1.165, 1.54) is 18.2 Å². The molecule has 3 aliphatic rings. The predicted octanol–water partition coefficient (Wildman–Crippen LogP) is 5.51. The van der Waals surface area contributed by atoms with Crippen molar-refractivity contribution in [1.29, 1.82) is 0 Å². The van der Waals surface area contributed by atoms with E-state index in [2.05, 4.69) is 15.9 Å². The van der Waals surface area contributed by atoms with E-state index in [0.29, 0.717) is 16.3 Å². The van der Waals surface area contributed by atoms with Crippen LogP contribution < -0.4 is 9.80 Å². The molecule has 0 spiro atoms. The van der Waals surface area contributed by atoms with Gasteiger partial charge in [-0.2, -0.15) is 0 Å². The van der Waals surface area contributed by atoms with Crippen LogP contribution in [0.1, 0.15) is 15.9 Å². The molecule has 0 aromatic heterocycles. The number of hydrogen-bond acceptors (Lipinski definition) is 4. The highest BCUT2D eigenvalue weighted by atomic mass is 79.9. The van der Waals surface area contributed by atoms with Crippen LogP contribution in [0.2, 0.25) is 5.02 Å². The number of halogens is 3. The fourth-order valence-electron chi connectivity index (χ4n) is 5.49. The van der Waals surface area contributed by atoms with Gasteiger partial charge >= 0.3 is 0 Å². The number of amides is 2. The fraction of sp³-hybridized carbons (Fsp3) is 0.148. The van der Waals surface area contributed by atoms with Crippen LogP contribution in [0, 0.1) is 17.7 Å². The van der Waals surface area contributed by atoms with Crippen molar-refractivity contribution in [2.45, 2.75) is 12.1 Å². The molecule has 0 bridgehead atoms. The largest absolute Gasteiger partial charge is 0.352 e. The van der Waals surface area contributed by atoms with Crippen LogP contribution in [0.15, 0.2) is 77.3 Å². The minimum Gasteiger partial charge on any atom is -0.352 e. The zero-order valence-electron chi connectivity index (χ0n) is 18.1. The third kappa shape index (κ3) is 3.29. The second-order valence-corrected chi connectivity index (χ2v) is 10.1. The van der Waals surface area contributed by atoms with Crippen molar-refractivity contribution in [2.24, 2.45) is 11.8 Å². The molecule has 3 heterocycles. The monoisotopic (exact) mass is 550 g/mol. The van der Waals surface area contributed by atoms with Crippen LogP contribution >= 0.6 is 27.5 Å². The topological polar surface area (TPSA) is 57.7 Å². The summed E-state index contributed by atoms with van der Waals surface area (Å²) in [5.41, 5.74) is 1.85. The molecule has 5 nitrogen and oxygen atoms in total. The Balaban J connectivity index is 1.52. The first kappa shape index (κ1) is 22.2. The molecular formula is C27H17BrClFN2O3. The average Bonchev–Trinajstić information content (AvgIpc) is 3.32. The Kier molecular flexibility index (Phi) is 5.16. The molecule has 2 amide bonds. The van der Waals surface area contributed by atoms with E-state index in [1.807, 2.05) is 23.1 Å². The van der Waals surface area contributed by atoms with Crippen molar-refractivity contribution in [1.82, 2.24) is 0 Å². The number of rotatable bonds is 3. The Morgan fingerprint density at radius 1 is 0.914 bits per heavy atom. The first-order valence-electron chi connectivity index (χ1n) is 11.0. The van der Waals surface area contributed by atoms with Gasteiger partial charge < -0.3 is 4.90 Å². The van der Waals surface area contributed by atoms with Crippen molar-refractivity contribution in [3.05, 3.63) is 99.2 Å². The smallest absolute Gasteiger partial charge is 0.240 e. The number of carbonyl (C=O) groups excluding carboxylic acids is 3. The average molecular weight is 552 g/mol. The zero-order chi connectivity index (χ0) is 24.4. The molecule has 35 heavy (non-hydrogen) atoms. The summed E-state index contributed by atoms with van der Waals surface area (Å²) < 4.78 is 15.5. The normalized spacial score (nSPS) is 24.4. The first-order valence-corrected chi connectivity index (χ1v) is 12.2. The van der Waals surface area contributed by atoms with E-state index in [4.69, 9.17) is 11.6 Å². The molecule has 2 saturated heterocycles. The molecule has 174 valence electrons. The van der Waals surface area contributed by atoms with E-state index in [0.717, 1.165) is 14.9 Å². The van der Waals surface area contributed by atoms with Crippen molar-refractivity contribution < 1.29 is 18.8 Å². The maximum absolute atomic E-state index is 14.6. The molecule has 0 N–H and O–H groups in total. The second kappa shape index (κ2) is 8.14. The summed E-state index contributed by atoms with van der Waals surface area (Å²) in [6.07, 6.45) is 3.72. The standard InChI is InChI=1S/C27H17BrClFN2O3/c28-16-9-5-15(6-10-16)25(33)24-23-22(20-12-8-14-7-11-17(29)13-21(14)31(20)24)26(34)32(27(23)35)19-4-2-1-3-18(19)30/h1-13,20,22-24H. The number of anilines is 2. The lowest BCUT2D eigenvalue weighted by molar-refractivity contribution is -0.122. The number of nitrogens with zero attached hydrogens (tertiary/aromatic N) is 2. The lowest BCUT2D eigenvalue weighted by atomic mass is 9.86. The van der Waals surface area contributed by atoms with Gasteiger partial charge in [0.2, 0.25) is 11.8 Å². The van der Waals surface area contributed by atoms with E-state index in [-0.39, 0.29) is 11.5 Å². The Labute approximate surface area is 213 Å². The van der Waals surface area contributed by atoms with Gasteiger partial charge in [-0.1, -0.05) is 70.0 Å². The number of carbonyl (C=O) groups is 3. The number of Topliss-reactive ketones (excluding diaryl/α,β-unsaturated/α-hetero) is 1. The molecular weight excluding hydrogens is 535 g/mol. The highest BCUT2D eigenvalue weighted by Crippen LogP contribution is 2.50. The molecule has 3 aliphatic heterocycles. The van der Waals surface area contributed by atoms with Crippen LogP contribution in [0.5, 0.6) is 0 Å². The molecule has 0 radical (unpaired) electrons. The number of ketones is 1. The highest BCUT2D eigenvalue weighted by Gasteiger charge is 2.64. The molecule has 3 aromatic carbocycles. The van der Waals surface area contributed by atoms with Crippen molar-refractivity contribution in [3.63, 3.8) is 0 Å². The lowest BCUT2D eigenvalue weighted by Gasteiger charge is -2.36. The maximum atomic E-state index is 14.6. The summed E-state index contributed by atoms with van der Waals surface area (Å²) in [4.78, 5) is 44.1. The van der Waals surface area contributed by atoms with Gasteiger partial charge in [-0.15, -0.1) is 0 Å². The van der Waals surface area contributed by atoms with Gasteiger partial charge in [-0.25, -0.2) is 9.29 Å². The quantitative estimate of drug-likeness (QED) is 0.318. The summed E-state index contributed by atoms with van der Waals surface area (Å²) in [5.74, 6) is -3.85. The molecule has 4 unspecified atom stereocenters. The van der Waals surface area contributed by atoms with Gasteiger partial charge in [-0.3, -0.25) is 14.4 Å². The van der Waals surface area contributed by atoms with Gasteiger partial charge in [0.05, 0.1) is 23.6 Å². The summed E-state index contributed by atoms with van der Waals surface area (Å²) in [5, 5.41) is 0.482.